The number of benzene rings is 3. The highest BCUT2D eigenvalue weighted by molar-refractivity contribution is 7.91. The molecule has 3 aromatic rings. The van der Waals surface area contributed by atoms with Crippen LogP contribution in [0.1, 0.15) is 77.3 Å². The largest absolute Gasteiger partial charge is 0.611 e. The normalized spacial score (nSPS) is 14.7. The summed E-state index contributed by atoms with van der Waals surface area (Å²) >= 11 is 4.61. The molecular formula is C30H32ClNO4S. The summed E-state index contributed by atoms with van der Waals surface area (Å²) in [5.74, 6) is -1.03. The van der Waals surface area contributed by atoms with Crippen molar-refractivity contribution in [2.75, 3.05) is 17.6 Å². The number of rotatable bonds is 13. The monoisotopic (exact) mass is 537 g/mol. The van der Waals surface area contributed by atoms with Crippen molar-refractivity contribution < 1.29 is 19.2 Å². The van der Waals surface area contributed by atoms with E-state index in [1.807, 2.05) is 24.3 Å². The molecule has 2 N–H and O–H groups in total. The first kappa shape index (κ1) is 27.2. The number of hydrogen-bond donors (Lipinski definition) is 2. The zero-order valence-corrected chi connectivity index (χ0v) is 22.5. The van der Waals surface area contributed by atoms with Gasteiger partial charge in [0, 0.05) is 33.8 Å². The van der Waals surface area contributed by atoms with Gasteiger partial charge in [-0.1, -0.05) is 43.5 Å². The summed E-state index contributed by atoms with van der Waals surface area (Å²) in [6.07, 6.45) is 6.11. The quantitative estimate of drug-likeness (QED) is 0.138. The number of aromatic carboxylic acids is 1. The second-order valence-electron chi connectivity index (χ2n) is 9.67. The molecule has 0 aliphatic heterocycles. The van der Waals surface area contributed by atoms with E-state index in [1.165, 1.54) is 17.7 Å². The highest BCUT2D eigenvalue weighted by Gasteiger charge is 2.43. The summed E-state index contributed by atoms with van der Waals surface area (Å²) in [7, 11) is 0. The molecule has 0 heterocycles. The van der Waals surface area contributed by atoms with E-state index in [1.54, 1.807) is 18.2 Å². The van der Waals surface area contributed by atoms with E-state index in [0.29, 0.717) is 11.3 Å². The van der Waals surface area contributed by atoms with Crippen LogP contribution >= 0.6 is 11.6 Å². The van der Waals surface area contributed by atoms with Crippen LogP contribution in [0.4, 0.5) is 5.69 Å². The number of hydrogen-bond acceptors (Lipinski definition) is 4. The zero-order chi connectivity index (χ0) is 26.4. The van der Waals surface area contributed by atoms with Crippen molar-refractivity contribution in [3.63, 3.8) is 0 Å². The third kappa shape index (κ3) is 6.75. The molecule has 7 heteroatoms. The number of carbonyl (C=O) groups is 2. The standard InChI is InChI=1S/C30H32ClNO4S/c1-2-3-4-5-18-37(36)27-15-8-22(19-26(27)29(34)35)28(33)21-6-13-25(14-7-21)32-20-30(16-17-30)23-9-11-24(31)12-10-23/h6-15,19,32H,2-5,16-18,20H2,1H3,(H,34,35). The van der Waals surface area contributed by atoms with Crippen molar-refractivity contribution in [2.24, 2.45) is 0 Å². The lowest BCUT2D eigenvalue weighted by molar-refractivity contribution is 0.0692. The molecule has 0 amide bonds. The van der Waals surface area contributed by atoms with Gasteiger partial charge in [0.2, 0.25) is 0 Å². The first-order valence-corrected chi connectivity index (χ1v) is 14.4. The lowest BCUT2D eigenvalue weighted by atomic mass is 9.96. The van der Waals surface area contributed by atoms with E-state index in [4.69, 9.17) is 11.6 Å². The predicted molar refractivity (Wildman–Crippen MR) is 150 cm³/mol. The minimum absolute atomic E-state index is 0.0742. The molecule has 0 saturated heterocycles. The van der Waals surface area contributed by atoms with Crippen molar-refractivity contribution in [1.29, 1.82) is 0 Å². The SMILES string of the molecule is CCCCCC[S+]([O-])c1ccc(C(=O)c2ccc(NCC3(c4ccc(Cl)cc4)CC3)cc2)cc1C(=O)O. The number of carbonyl (C=O) groups excluding carboxylic acids is 1. The molecule has 5 nitrogen and oxygen atoms in total. The van der Waals surface area contributed by atoms with Crippen LogP contribution in [0, 0.1) is 0 Å². The second kappa shape index (κ2) is 12.2. The average Bonchev–Trinajstić information content (AvgIpc) is 3.71. The third-order valence-electron chi connectivity index (χ3n) is 6.99. The predicted octanol–water partition coefficient (Wildman–Crippen LogP) is 7.10. The Hall–Kier alpha value is -2.80. The number of anilines is 1. The number of carboxylic acid groups (broad SMARTS) is 1. The lowest BCUT2D eigenvalue weighted by Gasteiger charge is -2.18. The molecule has 194 valence electrons. The van der Waals surface area contributed by atoms with Gasteiger partial charge in [-0.15, -0.1) is 0 Å². The number of halogens is 1. The minimum Gasteiger partial charge on any atom is -0.611 e. The van der Waals surface area contributed by atoms with E-state index in [2.05, 4.69) is 24.4 Å². The Labute approximate surface area is 226 Å². The Morgan fingerprint density at radius 2 is 1.65 bits per heavy atom. The molecule has 1 fully saturated rings. The molecule has 1 atom stereocenters. The first-order chi connectivity index (χ1) is 17.8. The highest BCUT2D eigenvalue weighted by Crippen LogP contribution is 2.48. The van der Waals surface area contributed by atoms with Crippen LogP contribution in [0.2, 0.25) is 5.02 Å². The van der Waals surface area contributed by atoms with Crippen LogP contribution in [0.15, 0.2) is 71.6 Å². The van der Waals surface area contributed by atoms with Gasteiger partial charge in [0.15, 0.2) is 10.7 Å². The first-order valence-electron chi connectivity index (χ1n) is 12.7. The fraction of sp³-hybridized carbons (Fsp3) is 0.333. The summed E-state index contributed by atoms with van der Waals surface area (Å²) in [5, 5.41) is 13.9. The summed E-state index contributed by atoms with van der Waals surface area (Å²) in [6, 6.07) is 19.7. The molecule has 1 saturated carbocycles. The number of ketones is 1. The second-order valence-corrected chi connectivity index (χ2v) is 11.6. The minimum atomic E-state index is -1.41. The molecule has 4 rings (SSSR count). The zero-order valence-electron chi connectivity index (χ0n) is 21.0. The van der Waals surface area contributed by atoms with E-state index in [0.717, 1.165) is 55.8 Å². The maximum atomic E-state index is 13.1. The number of nitrogens with one attached hydrogen (secondary N) is 1. The molecule has 0 bridgehead atoms. The molecule has 0 spiro atoms. The van der Waals surface area contributed by atoms with Crippen LogP contribution in [0.3, 0.4) is 0 Å². The van der Waals surface area contributed by atoms with Gasteiger partial charge < -0.3 is 15.0 Å². The Bertz CT molecular complexity index is 1240. The molecule has 1 aliphatic carbocycles. The van der Waals surface area contributed by atoms with E-state index in [9.17, 15) is 19.2 Å². The van der Waals surface area contributed by atoms with Gasteiger partial charge in [-0.3, -0.25) is 4.79 Å². The summed E-state index contributed by atoms with van der Waals surface area (Å²) in [6.45, 7) is 2.90. The van der Waals surface area contributed by atoms with Crippen LogP contribution in [0.5, 0.6) is 0 Å². The van der Waals surface area contributed by atoms with Crippen LogP contribution in [-0.4, -0.2) is 33.7 Å². The Kier molecular flexibility index (Phi) is 8.95. The van der Waals surface area contributed by atoms with Crippen LogP contribution in [0.25, 0.3) is 0 Å². The topological polar surface area (TPSA) is 89.5 Å². The van der Waals surface area contributed by atoms with Crippen LogP contribution in [-0.2, 0) is 16.6 Å². The van der Waals surface area contributed by atoms with Gasteiger partial charge in [0.1, 0.15) is 11.3 Å². The summed E-state index contributed by atoms with van der Waals surface area (Å²) in [4.78, 5) is 25.2. The van der Waals surface area contributed by atoms with Gasteiger partial charge in [-0.25, -0.2) is 4.79 Å². The average molecular weight is 538 g/mol. The van der Waals surface area contributed by atoms with Crippen LogP contribution < -0.4 is 5.32 Å². The molecule has 1 unspecified atom stereocenters. The van der Waals surface area contributed by atoms with E-state index >= 15 is 0 Å². The van der Waals surface area contributed by atoms with Gasteiger partial charge >= 0.3 is 5.97 Å². The molecule has 1 aliphatic rings. The van der Waals surface area contributed by atoms with Crippen molar-refractivity contribution in [2.45, 2.75) is 55.8 Å². The van der Waals surface area contributed by atoms with Crippen molar-refractivity contribution in [1.82, 2.24) is 0 Å². The number of unbranched alkanes of at least 4 members (excludes halogenated alkanes) is 3. The molecule has 37 heavy (non-hydrogen) atoms. The van der Waals surface area contributed by atoms with Gasteiger partial charge in [0.25, 0.3) is 0 Å². The molecule has 0 aromatic heterocycles. The smallest absolute Gasteiger partial charge is 0.340 e. The molecule has 0 radical (unpaired) electrons. The maximum absolute atomic E-state index is 13.1. The Morgan fingerprint density at radius 3 is 2.27 bits per heavy atom. The fourth-order valence-electron chi connectivity index (χ4n) is 4.51. The van der Waals surface area contributed by atoms with Gasteiger partial charge in [-0.05, 0) is 97.0 Å². The lowest BCUT2D eigenvalue weighted by Crippen LogP contribution is -2.19. The fourth-order valence-corrected chi connectivity index (χ4v) is 5.93. The molecular weight excluding hydrogens is 506 g/mol. The highest BCUT2D eigenvalue weighted by atomic mass is 35.5. The van der Waals surface area contributed by atoms with Gasteiger partial charge in [-0.2, -0.15) is 0 Å². The molecule has 3 aromatic carbocycles. The van der Waals surface area contributed by atoms with Crippen molar-refractivity contribution >= 4 is 40.2 Å². The summed E-state index contributed by atoms with van der Waals surface area (Å²) < 4.78 is 12.7. The summed E-state index contributed by atoms with van der Waals surface area (Å²) in [5.41, 5.74) is 2.96. The Morgan fingerprint density at radius 1 is 0.973 bits per heavy atom. The number of carboxylic acids is 1. The third-order valence-corrected chi connectivity index (χ3v) is 8.75. The van der Waals surface area contributed by atoms with Crippen molar-refractivity contribution in [3.05, 3.63) is 94.0 Å². The van der Waals surface area contributed by atoms with Crippen molar-refractivity contribution in [3.8, 4) is 0 Å². The van der Waals surface area contributed by atoms with E-state index < -0.39 is 17.1 Å². The van der Waals surface area contributed by atoms with Gasteiger partial charge in [0.05, 0.1) is 0 Å². The van der Waals surface area contributed by atoms with E-state index in [-0.39, 0.29) is 27.2 Å². The maximum Gasteiger partial charge on any atom is 0.340 e. The Balaban J connectivity index is 1.41.